The number of rotatable bonds is 8. The fraction of sp³-hybridized carbons (Fsp3) is 0.465. The first-order valence-corrected chi connectivity index (χ1v) is 20.2. The number of carbonyl (C=O) groups is 3. The van der Waals surface area contributed by atoms with Crippen LogP contribution < -0.4 is 20.3 Å². The van der Waals surface area contributed by atoms with Gasteiger partial charge in [0.1, 0.15) is 17.9 Å². The Bertz CT molecular complexity index is 2270. The van der Waals surface area contributed by atoms with Crippen LogP contribution in [0.4, 0.5) is 11.5 Å². The smallest absolute Gasteiger partial charge is 0.317 e. The summed E-state index contributed by atoms with van der Waals surface area (Å²) in [5, 5.41) is 25.6. The van der Waals surface area contributed by atoms with E-state index >= 15 is 0 Å². The largest absolute Gasteiger partial charge is 0.507 e. The van der Waals surface area contributed by atoms with Crippen molar-refractivity contribution in [3.05, 3.63) is 81.7 Å². The van der Waals surface area contributed by atoms with E-state index in [0.29, 0.717) is 48.3 Å². The summed E-state index contributed by atoms with van der Waals surface area (Å²) in [4.78, 5) is 53.8. The Kier molecular flexibility index (Phi) is 9.33. The van der Waals surface area contributed by atoms with Crippen LogP contribution in [-0.2, 0) is 22.7 Å². The van der Waals surface area contributed by atoms with Crippen LogP contribution in [0, 0.1) is 20.8 Å². The van der Waals surface area contributed by atoms with Crippen molar-refractivity contribution in [2.45, 2.75) is 103 Å². The van der Waals surface area contributed by atoms with Crippen LogP contribution in [0.15, 0.2) is 42.5 Å². The fourth-order valence-electron chi connectivity index (χ4n) is 9.63. The second-order valence-corrected chi connectivity index (χ2v) is 16.4. The number of carbonyl (C=O) groups excluding carboxylic acids is 3. The average molecular weight is 772 g/mol. The van der Waals surface area contributed by atoms with Crippen LogP contribution in [-0.4, -0.2) is 96.7 Å². The monoisotopic (exact) mass is 771 g/mol. The maximum absolute atomic E-state index is 13.4. The number of imide groups is 1. The van der Waals surface area contributed by atoms with Crippen LogP contribution in [0.5, 0.6) is 11.8 Å². The van der Waals surface area contributed by atoms with Gasteiger partial charge in [-0.2, -0.15) is 0 Å². The third kappa shape index (κ3) is 6.63. The number of phenolic OH excluding ortho intramolecular Hbond substituents is 1. The van der Waals surface area contributed by atoms with E-state index in [0.717, 1.165) is 97.0 Å². The number of aromatic hydroxyl groups is 1. The molecule has 9 rings (SSSR count). The zero-order chi connectivity index (χ0) is 39.6. The highest BCUT2D eigenvalue weighted by atomic mass is 16.5. The molecule has 7 heterocycles. The molecule has 0 spiro atoms. The molecular formula is C43H49N9O5. The van der Waals surface area contributed by atoms with Gasteiger partial charge in [0.2, 0.25) is 11.8 Å². The number of aryl methyl sites for hydroxylation is 3. The van der Waals surface area contributed by atoms with Gasteiger partial charge in [-0.1, -0.05) is 31.2 Å². The first kappa shape index (κ1) is 37.0. The number of amides is 3. The molecule has 5 aliphatic rings. The SMILES string of the molecule is CC[C@]12CNc3nnc(-c4cccc(C)c4O)cc3N1C[C@H](Oc1nc(C)c(CN3CCC(c4ccc5c(c4)C(=O)N([C@H]4CCC(=O)NC4=O)C5)CC3)c(C)n1)C2. The van der Waals surface area contributed by atoms with Gasteiger partial charge in [0.25, 0.3) is 5.91 Å². The topological polar surface area (TPSA) is 166 Å². The number of hydrogen-bond donors (Lipinski definition) is 3. The van der Waals surface area contributed by atoms with Crippen molar-refractivity contribution < 1.29 is 24.2 Å². The number of likely N-dealkylation sites (tertiary alicyclic amines) is 1. The summed E-state index contributed by atoms with van der Waals surface area (Å²) in [7, 11) is 0. The Balaban J connectivity index is 0.835. The normalized spacial score (nSPS) is 23.5. The lowest BCUT2D eigenvalue weighted by atomic mass is 9.87. The molecule has 3 saturated heterocycles. The lowest BCUT2D eigenvalue weighted by molar-refractivity contribution is -0.136. The molecule has 14 nitrogen and oxygen atoms in total. The Morgan fingerprint density at radius 2 is 1.75 bits per heavy atom. The zero-order valence-corrected chi connectivity index (χ0v) is 33.0. The summed E-state index contributed by atoms with van der Waals surface area (Å²) in [5.41, 5.74) is 8.59. The molecular weight excluding hydrogens is 723 g/mol. The highest BCUT2D eigenvalue weighted by Gasteiger charge is 2.49. The molecule has 3 fully saturated rings. The van der Waals surface area contributed by atoms with Crippen molar-refractivity contribution >= 4 is 29.2 Å². The van der Waals surface area contributed by atoms with E-state index in [1.807, 2.05) is 57.2 Å². The van der Waals surface area contributed by atoms with E-state index in [4.69, 9.17) is 14.7 Å². The van der Waals surface area contributed by atoms with E-state index in [1.54, 1.807) is 4.90 Å². The quantitative estimate of drug-likeness (QED) is 0.207. The van der Waals surface area contributed by atoms with Gasteiger partial charge in [-0.3, -0.25) is 24.6 Å². The van der Waals surface area contributed by atoms with E-state index in [2.05, 4.69) is 43.6 Å². The summed E-state index contributed by atoms with van der Waals surface area (Å²) in [6, 6.07) is 13.7. The number of piperidine rings is 2. The maximum Gasteiger partial charge on any atom is 0.317 e. The molecule has 14 heteroatoms. The number of aromatic nitrogens is 4. The van der Waals surface area contributed by atoms with Crippen molar-refractivity contribution in [3.8, 4) is 23.0 Å². The van der Waals surface area contributed by atoms with Crippen molar-refractivity contribution in [2.24, 2.45) is 0 Å². The number of anilines is 2. The summed E-state index contributed by atoms with van der Waals surface area (Å²) < 4.78 is 6.58. The summed E-state index contributed by atoms with van der Waals surface area (Å²) in [6.07, 6.45) is 4.14. The zero-order valence-electron chi connectivity index (χ0n) is 33.0. The van der Waals surface area contributed by atoms with Gasteiger partial charge in [0.15, 0.2) is 5.82 Å². The molecule has 0 aliphatic carbocycles. The molecule has 2 aromatic heterocycles. The van der Waals surface area contributed by atoms with E-state index in [9.17, 15) is 19.5 Å². The number of benzene rings is 2. The van der Waals surface area contributed by atoms with Crippen LogP contribution in [0.2, 0.25) is 0 Å². The highest BCUT2D eigenvalue weighted by molar-refractivity contribution is 6.05. The minimum atomic E-state index is -0.605. The molecule has 57 heavy (non-hydrogen) atoms. The number of fused-ring (bicyclic) bond motifs is 4. The number of phenols is 1. The number of para-hydroxylation sites is 1. The number of hydrogen-bond acceptors (Lipinski definition) is 12. The third-order valence-corrected chi connectivity index (χ3v) is 13.1. The second-order valence-electron chi connectivity index (χ2n) is 16.4. The Morgan fingerprint density at radius 3 is 2.51 bits per heavy atom. The number of nitrogens with zero attached hydrogens (tertiary/aromatic N) is 7. The Hall–Kier alpha value is -5.63. The number of ether oxygens (including phenoxy) is 1. The van der Waals surface area contributed by atoms with Crippen LogP contribution >= 0.6 is 0 Å². The van der Waals surface area contributed by atoms with Crippen LogP contribution in [0.25, 0.3) is 11.3 Å². The van der Waals surface area contributed by atoms with E-state index in [1.165, 1.54) is 0 Å². The lowest BCUT2D eigenvalue weighted by Crippen LogP contribution is -2.52. The molecule has 3 atom stereocenters. The molecule has 0 radical (unpaired) electrons. The van der Waals surface area contributed by atoms with Gasteiger partial charge < -0.3 is 25.0 Å². The lowest BCUT2D eigenvalue weighted by Gasteiger charge is -2.43. The van der Waals surface area contributed by atoms with Gasteiger partial charge >= 0.3 is 6.01 Å². The van der Waals surface area contributed by atoms with Crippen molar-refractivity contribution in [3.63, 3.8) is 0 Å². The Morgan fingerprint density at radius 1 is 0.965 bits per heavy atom. The third-order valence-electron chi connectivity index (χ3n) is 13.1. The molecule has 0 bridgehead atoms. The van der Waals surface area contributed by atoms with E-state index < -0.39 is 6.04 Å². The van der Waals surface area contributed by atoms with Crippen LogP contribution in [0.1, 0.15) is 95.4 Å². The molecule has 3 N–H and O–H groups in total. The molecule has 0 unspecified atom stereocenters. The van der Waals surface area contributed by atoms with Gasteiger partial charge in [-0.05, 0) is 100 Å². The van der Waals surface area contributed by atoms with Gasteiger partial charge in [-0.25, -0.2) is 9.97 Å². The van der Waals surface area contributed by atoms with Gasteiger partial charge in [-0.15, -0.1) is 10.2 Å². The van der Waals surface area contributed by atoms with Gasteiger partial charge in [0, 0.05) is 60.6 Å². The molecule has 5 aliphatic heterocycles. The summed E-state index contributed by atoms with van der Waals surface area (Å²) in [6.45, 7) is 12.5. The van der Waals surface area contributed by atoms with Crippen molar-refractivity contribution in [2.75, 3.05) is 36.4 Å². The fourth-order valence-corrected chi connectivity index (χ4v) is 9.63. The molecule has 4 aromatic rings. The van der Waals surface area contributed by atoms with Crippen LogP contribution in [0.3, 0.4) is 0 Å². The minimum absolute atomic E-state index is 0.125. The molecule has 296 valence electrons. The predicted octanol–water partition coefficient (Wildman–Crippen LogP) is 4.94. The van der Waals surface area contributed by atoms with Gasteiger partial charge in [0.05, 0.1) is 23.5 Å². The first-order valence-electron chi connectivity index (χ1n) is 20.2. The molecule has 3 amide bonds. The van der Waals surface area contributed by atoms with E-state index in [-0.39, 0.29) is 41.5 Å². The first-order chi connectivity index (χ1) is 27.5. The Labute approximate surface area is 332 Å². The average Bonchev–Trinajstić information content (AvgIpc) is 3.74. The molecule has 0 saturated carbocycles. The standard InChI is InChI=1S/C43H49N9O5/c1-5-43-19-30(21-52(43)36-18-34(48-49-39(36)44-23-43)31-8-6-7-24(2)38(31)54)57-42-45-25(3)33(26(4)46-42)22-50-15-13-27(14-16-50)28-9-10-29-20-51(41(56)32(29)17-28)35-11-12-37(53)47-40(35)55/h6-10,17-18,27,30,35,54H,5,11-16,19-23H2,1-4H3,(H,44,49)(H,47,53,55)/t30-,35+,43+/m1/s1. The summed E-state index contributed by atoms with van der Waals surface area (Å²) in [5.74, 6) is 0.491. The summed E-state index contributed by atoms with van der Waals surface area (Å²) >= 11 is 0. The maximum atomic E-state index is 13.4. The minimum Gasteiger partial charge on any atom is -0.507 e. The highest BCUT2D eigenvalue weighted by Crippen LogP contribution is 2.45. The second kappa shape index (κ2) is 14.4. The van der Waals surface area contributed by atoms with Crippen molar-refractivity contribution in [1.82, 2.24) is 35.3 Å². The van der Waals surface area contributed by atoms with Crippen molar-refractivity contribution in [1.29, 1.82) is 0 Å². The predicted molar refractivity (Wildman–Crippen MR) is 213 cm³/mol. The molecule has 2 aromatic carbocycles. The number of nitrogens with one attached hydrogen (secondary N) is 2.